The van der Waals surface area contributed by atoms with Crippen molar-refractivity contribution in [2.24, 2.45) is 5.73 Å². The van der Waals surface area contributed by atoms with E-state index >= 15 is 0 Å². The van der Waals surface area contributed by atoms with Crippen LogP contribution in [0.1, 0.15) is 55.5 Å². The second-order valence-corrected chi connectivity index (χ2v) is 8.90. The monoisotopic (exact) mass is 449 g/mol. The molecule has 0 amide bonds. The number of hydrogen-bond acceptors (Lipinski definition) is 5. The number of methoxy groups -OCH3 is 1. The van der Waals surface area contributed by atoms with E-state index in [0.717, 1.165) is 28.7 Å². The minimum Gasteiger partial charge on any atom is -0.507 e. The normalized spacial score (nSPS) is 12.7. The zero-order valence-electron chi connectivity index (χ0n) is 20.3. The standard InChI is InChI=1S/C28H35NO4/c1-17(2)6-12-21-25(30)22(13-7-18(3)4)28-23(26(21)31)16-24(32-5)27(33-28)20-10-8-19(9-11-20)14-15-29/h6-11,30-31H,12-16,29H2,1-5H3. The number of benzene rings is 2. The maximum atomic E-state index is 11.2. The van der Waals surface area contributed by atoms with E-state index in [1.54, 1.807) is 7.11 Å². The Hall–Kier alpha value is -3.18. The van der Waals surface area contributed by atoms with Crippen LogP contribution in [0, 0.1) is 0 Å². The molecule has 0 saturated heterocycles. The smallest absolute Gasteiger partial charge is 0.172 e. The van der Waals surface area contributed by atoms with E-state index in [1.807, 2.05) is 58.0 Å². The molecule has 2 aromatic carbocycles. The molecule has 0 unspecified atom stereocenters. The molecule has 176 valence electrons. The highest BCUT2D eigenvalue weighted by Gasteiger charge is 2.31. The number of rotatable bonds is 8. The van der Waals surface area contributed by atoms with Gasteiger partial charge in [-0.05, 0) is 59.1 Å². The Morgan fingerprint density at radius 2 is 1.58 bits per heavy atom. The van der Waals surface area contributed by atoms with Gasteiger partial charge in [-0.1, -0.05) is 47.6 Å². The molecule has 33 heavy (non-hydrogen) atoms. The number of fused-ring (bicyclic) bond motifs is 1. The third-order valence-electron chi connectivity index (χ3n) is 5.81. The van der Waals surface area contributed by atoms with Crippen LogP contribution >= 0.6 is 0 Å². The van der Waals surface area contributed by atoms with Gasteiger partial charge in [0.2, 0.25) is 0 Å². The van der Waals surface area contributed by atoms with Crippen LogP contribution < -0.4 is 10.5 Å². The van der Waals surface area contributed by atoms with Crippen LogP contribution in [0.15, 0.2) is 53.3 Å². The first-order chi connectivity index (χ1) is 15.8. The van der Waals surface area contributed by atoms with Crippen molar-refractivity contribution in [2.45, 2.75) is 53.4 Å². The van der Waals surface area contributed by atoms with Crippen LogP contribution in [0.4, 0.5) is 0 Å². The topological polar surface area (TPSA) is 84.9 Å². The Morgan fingerprint density at radius 3 is 2.12 bits per heavy atom. The third-order valence-corrected chi connectivity index (χ3v) is 5.81. The van der Waals surface area contributed by atoms with Gasteiger partial charge in [0.25, 0.3) is 0 Å². The molecule has 5 heteroatoms. The number of allylic oxidation sites excluding steroid dienone is 5. The van der Waals surface area contributed by atoms with Gasteiger partial charge in [-0.25, -0.2) is 0 Å². The summed E-state index contributed by atoms with van der Waals surface area (Å²) >= 11 is 0. The van der Waals surface area contributed by atoms with Crippen LogP contribution in [0.25, 0.3) is 5.76 Å². The van der Waals surface area contributed by atoms with E-state index in [-0.39, 0.29) is 11.5 Å². The Balaban J connectivity index is 2.14. The predicted molar refractivity (Wildman–Crippen MR) is 134 cm³/mol. The number of hydrogen-bond donors (Lipinski definition) is 3. The molecule has 0 aromatic heterocycles. The van der Waals surface area contributed by atoms with Crippen molar-refractivity contribution in [1.29, 1.82) is 0 Å². The average Bonchev–Trinajstić information content (AvgIpc) is 2.78. The number of ether oxygens (including phenoxy) is 2. The molecule has 0 spiro atoms. The van der Waals surface area contributed by atoms with E-state index < -0.39 is 0 Å². The average molecular weight is 450 g/mol. The molecule has 0 radical (unpaired) electrons. The van der Waals surface area contributed by atoms with Crippen LogP contribution in [0.3, 0.4) is 0 Å². The molecule has 3 rings (SSSR count). The molecule has 0 atom stereocenters. The lowest BCUT2D eigenvalue weighted by molar-refractivity contribution is 0.263. The van der Waals surface area contributed by atoms with Gasteiger partial charge in [-0.15, -0.1) is 0 Å². The molecule has 0 fully saturated rings. The van der Waals surface area contributed by atoms with Gasteiger partial charge in [0.05, 0.1) is 7.11 Å². The largest absolute Gasteiger partial charge is 0.507 e. The van der Waals surface area contributed by atoms with Crippen molar-refractivity contribution in [3.63, 3.8) is 0 Å². The number of phenolic OH excluding ortho intramolecular Hbond substituents is 2. The Labute approximate surface area is 196 Å². The molecule has 1 aliphatic rings. The van der Waals surface area contributed by atoms with E-state index in [9.17, 15) is 10.2 Å². The molecule has 1 heterocycles. The second-order valence-electron chi connectivity index (χ2n) is 8.90. The summed E-state index contributed by atoms with van der Waals surface area (Å²) < 4.78 is 12.1. The van der Waals surface area contributed by atoms with Gasteiger partial charge < -0.3 is 25.4 Å². The molecule has 4 N–H and O–H groups in total. The van der Waals surface area contributed by atoms with Crippen LogP contribution in [-0.4, -0.2) is 23.9 Å². The SMILES string of the molecule is COC1=C(c2ccc(CCN)cc2)Oc2c(CC=C(C)C)c(O)c(CC=C(C)C)c(O)c2C1. The van der Waals surface area contributed by atoms with Crippen LogP contribution in [0.2, 0.25) is 0 Å². The number of nitrogens with two attached hydrogens (primary N) is 1. The molecule has 0 saturated carbocycles. The quantitative estimate of drug-likeness (QED) is 0.459. The molecule has 0 bridgehead atoms. The van der Waals surface area contributed by atoms with Crippen molar-refractivity contribution in [2.75, 3.05) is 13.7 Å². The summed E-state index contributed by atoms with van der Waals surface area (Å²) in [7, 11) is 1.61. The van der Waals surface area contributed by atoms with Crippen molar-refractivity contribution in [3.8, 4) is 17.2 Å². The van der Waals surface area contributed by atoms with Crippen LogP contribution in [0.5, 0.6) is 17.2 Å². The summed E-state index contributed by atoms with van der Waals surface area (Å²) in [5, 5.41) is 22.3. The maximum Gasteiger partial charge on any atom is 0.172 e. The molecule has 1 aliphatic heterocycles. The summed E-state index contributed by atoms with van der Waals surface area (Å²) in [4.78, 5) is 0. The minimum absolute atomic E-state index is 0.0628. The molecule has 5 nitrogen and oxygen atoms in total. The van der Waals surface area contributed by atoms with Crippen molar-refractivity contribution in [1.82, 2.24) is 0 Å². The van der Waals surface area contributed by atoms with Crippen molar-refractivity contribution in [3.05, 3.63) is 81.1 Å². The van der Waals surface area contributed by atoms with Gasteiger partial charge in [-0.3, -0.25) is 0 Å². The van der Waals surface area contributed by atoms with Gasteiger partial charge in [0.15, 0.2) is 5.76 Å². The van der Waals surface area contributed by atoms with E-state index in [0.29, 0.717) is 59.8 Å². The lowest BCUT2D eigenvalue weighted by atomic mass is 9.91. The number of aromatic hydroxyl groups is 2. The van der Waals surface area contributed by atoms with Crippen LogP contribution in [-0.2, 0) is 30.4 Å². The maximum absolute atomic E-state index is 11.2. The summed E-state index contributed by atoms with van der Waals surface area (Å²) in [6.07, 6.45) is 6.18. The van der Waals surface area contributed by atoms with E-state index in [1.165, 1.54) is 0 Å². The zero-order chi connectivity index (χ0) is 24.1. The molecule has 0 aliphatic carbocycles. The van der Waals surface area contributed by atoms with E-state index in [4.69, 9.17) is 15.2 Å². The lowest BCUT2D eigenvalue weighted by Gasteiger charge is -2.27. The highest BCUT2D eigenvalue weighted by molar-refractivity contribution is 5.73. The van der Waals surface area contributed by atoms with Gasteiger partial charge >= 0.3 is 0 Å². The zero-order valence-corrected chi connectivity index (χ0v) is 20.3. The predicted octanol–water partition coefficient (Wildman–Crippen LogP) is 5.57. The first-order valence-electron chi connectivity index (χ1n) is 11.4. The van der Waals surface area contributed by atoms with Gasteiger partial charge in [-0.2, -0.15) is 0 Å². The molecule has 2 aromatic rings. The first-order valence-corrected chi connectivity index (χ1v) is 11.4. The Bertz CT molecular complexity index is 1100. The summed E-state index contributed by atoms with van der Waals surface area (Å²) in [5.41, 5.74) is 11.8. The fraction of sp³-hybridized carbons (Fsp3) is 0.357. The van der Waals surface area contributed by atoms with E-state index in [2.05, 4.69) is 6.08 Å². The highest BCUT2D eigenvalue weighted by atomic mass is 16.5. The highest BCUT2D eigenvalue weighted by Crippen LogP contribution is 2.48. The van der Waals surface area contributed by atoms with Gasteiger partial charge in [0, 0.05) is 28.7 Å². The minimum atomic E-state index is 0.0628. The number of phenols is 2. The first kappa shape index (κ1) is 24.5. The van der Waals surface area contributed by atoms with Gasteiger partial charge in [0.1, 0.15) is 23.0 Å². The summed E-state index contributed by atoms with van der Waals surface area (Å²) in [6.45, 7) is 8.63. The van der Waals surface area contributed by atoms with Crippen molar-refractivity contribution < 1.29 is 19.7 Å². The molecular weight excluding hydrogens is 414 g/mol. The third kappa shape index (κ3) is 5.42. The fourth-order valence-corrected chi connectivity index (χ4v) is 3.93. The van der Waals surface area contributed by atoms with Crippen molar-refractivity contribution >= 4 is 5.76 Å². The molecular formula is C28H35NO4. The Kier molecular flexibility index (Phi) is 7.88. The fourth-order valence-electron chi connectivity index (χ4n) is 3.93. The Morgan fingerprint density at radius 1 is 0.970 bits per heavy atom. The summed E-state index contributed by atoms with van der Waals surface area (Å²) in [5.74, 6) is 1.88. The summed E-state index contributed by atoms with van der Waals surface area (Å²) in [6, 6.07) is 8.04. The second kappa shape index (κ2) is 10.6. The lowest BCUT2D eigenvalue weighted by Crippen LogP contribution is -2.14.